The number of non-ortho nitro benzene ring substituents is 1. The molecule has 1 amide bonds. The van der Waals surface area contributed by atoms with Gasteiger partial charge in [-0.05, 0) is 55.3 Å². The van der Waals surface area contributed by atoms with E-state index in [1.165, 1.54) is 29.1 Å². The van der Waals surface area contributed by atoms with E-state index in [-0.39, 0.29) is 29.6 Å². The highest BCUT2D eigenvalue weighted by molar-refractivity contribution is 6.03. The molecule has 0 spiro atoms. The zero-order valence-electron chi connectivity index (χ0n) is 20.2. The minimum absolute atomic E-state index is 0.00707. The average Bonchev–Trinajstić information content (AvgIpc) is 3.33. The van der Waals surface area contributed by atoms with E-state index in [2.05, 4.69) is 10.4 Å². The zero-order valence-corrected chi connectivity index (χ0v) is 20.2. The van der Waals surface area contributed by atoms with Gasteiger partial charge < -0.3 is 14.8 Å². The zero-order chi connectivity index (χ0) is 27.4. The lowest BCUT2D eigenvalue weighted by Gasteiger charge is -2.11. The summed E-state index contributed by atoms with van der Waals surface area (Å²) in [5, 5.41) is 18.1. The van der Waals surface area contributed by atoms with Crippen LogP contribution >= 0.6 is 0 Å². The number of carbonyl (C=O) groups excluding carboxylic acids is 1. The lowest BCUT2D eigenvalue weighted by atomic mass is 10.1. The summed E-state index contributed by atoms with van der Waals surface area (Å²) in [6.45, 7) is 3.89. The molecule has 4 aromatic rings. The Balaban J connectivity index is 1.48. The van der Waals surface area contributed by atoms with Crippen LogP contribution < -0.4 is 14.8 Å². The highest BCUT2D eigenvalue weighted by Crippen LogP contribution is 2.34. The minimum atomic E-state index is -4.59. The van der Waals surface area contributed by atoms with Crippen molar-refractivity contribution in [1.82, 2.24) is 9.78 Å². The molecule has 0 radical (unpaired) electrons. The van der Waals surface area contributed by atoms with E-state index < -0.39 is 28.3 Å². The molecule has 1 N–H and O–H groups in total. The van der Waals surface area contributed by atoms with E-state index in [4.69, 9.17) is 9.47 Å². The van der Waals surface area contributed by atoms with Crippen molar-refractivity contribution in [3.63, 3.8) is 0 Å². The minimum Gasteiger partial charge on any atom is -0.471 e. The summed E-state index contributed by atoms with van der Waals surface area (Å²) in [5.41, 5.74) is 0.603. The molecule has 1 heterocycles. The molecule has 0 saturated carbocycles. The van der Waals surface area contributed by atoms with E-state index in [0.29, 0.717) is 5.75 Å². The Kier molecular flexibility index (Phi) is 7.33. The third-order valence-electron chi connectivity index (χ3n) is 5.33. The van der Waals surface area contributed by atoms with Gasteiger partial charge in [-0.25, -0.2) is 4.68 Å². The lowest BCUT2D eigenvalue weighted by Crippen LogP contribution is -2.14. The smallest absolute Gasteiger partial charge is 0.416 e. The predicted molar refractivity (Wildman–Crippen MR) is 131 cm³/mol. The Morgan fingerprint density at radius 2 is 1.84 bits per heavy atom. The number of benzene rings is 3. The number of nitro groups is 1. The van der Waals surface area contributed by atoms with Gasteiger partial charge >= 0.3 is 6.18 Å². The first kappa shape index (κ1) is 26.2. The van der Waals surface area contributed by atoms with Gasteiger partial charge in [0.2, 0.25) is 0 Å². The Labute approximate surface area is 214 Å². The van der Waals surface area contributed by atoms with Gasteiger partial charge in [-0.3, -0.25) is 14.9 Å². The van der Waals surface area contributed by atoms with Crippen LogP contribution in [-0.2, 0) is 12.9 Å². The summed E-state index contributed by atoms with van der Waals surface area (Å²) in [6.07, 6.45) is -3.05. The molecule has 0 atom stereocenters. The Morgan fingerprint density at radius 3 is 2.58 bits per heavy atom. The van der Waals surface area contributed by atoms with Crippen LogP contribution in [0.4, 0.5) is 24.5 Å². The molecular formula is C26H21F3N4O5. The fourth-order valence-corrected chi connectivity index (χ4v) is 3.44. The number of hydrogen-bond acceptors (Lipinski definition) is 6. The van der Waals surface area contributed by atoms with Crippen LogP contribution in [0.5, 0.6) is 17.2 Å². The summed E-state index contributed by atoms with van der Waals surface area (Å²) < 4.78 is 51.6. The number of halogens is 3. The van der Waals surface area contributed by atoms with Crippen molar-refractivity contribution in [3.8, 4) is 17.2 Å². The summed E-state index contributed by atoms with van der Waals surface area (Å²) >= 11 is 0. The Hall–Kier alpha value is -4.87. The molecule has 1 aromatic heterocycles. The van der Waals surface area contributed by atoms with Gasteiger partial charge in [0.1, 0.15) is 17.2 Å². The van der Waals surface area contributed by atoms with Crippen molar-refractivity contribution in [2.24, 2.45) is 0 Å². The molecule has 0 unspecified atom stereocenters. The summed E-state index contributed by atoms with van der Waals surface area (Å²) in [4.78, 5) is 23.4. The van der Waals surface area contributed by atoms with Crippen LogP contribution in [0.3, 0.4) is 0 Å². The number of nitrogens with one attached hydrogen (secondary N) is 1. The van der Waals surface area contributed by atoms with Crippen molar-refractivity contribution in [3.05, 3.63) is 105 Å². The number of alkyl halides is 3. The number of nitro benzene ring substituents is 1. The number of nitrogens with zero attached hydrogens (tertiary/aromatic N) is 3. The molecule has 0 aliphatic heterocycles. The third-order valence-corrected chi connectivity index (χ3v) is 5.33. The fraction of sp³-hybridized carbons (Fsp3) is 0.154. The summed E-state index contributed by atoms with van der Waals surface area (Å²) in [6, 6.07) is 14.7. The quantitative estimate of drug-likeness (QED) is 0.207. The molecule has 0 saturated heterocycles. The van der Waals surface area contributed by atoms with E-state index >= 15 is 0 Å². The molecule has 0 aliphatic carbocycles. The predicted octanol–water partition coefficient (Wildman–Crippen LogP) is 6.51. The maximum absolute atomic E-state index is 13.0. The number of amides is 1. The molecule has 196 valence electrons. The van der Waals surface area contributed by atoms with Crippen LogP contribution in [0.1, 0.15) is 27.2 Å². The Morgan fingerprint density at radius 1 is 1.05 bits per heavy atom. The number of carbonyl (C=O) groups is 1. The van der Waals surface area contributed by atoms with Crippen molar-refractivity contribution in [2.75, 3.05) is 5.32 Å². The van der Waals surface area contributed by atoms with Crippen molar-refractivity contribution < 1.29 is 32.4 Å². The molecule has 38 heavy (non-hydrogen) atoms. The molecule has 3 aromatic carbocycles. The van der Waals surface area contributed by atoms with Gasteiger partial charge in [0, 0.05) is 18.3 Å². The average molecular weight is 526 g/mol. The van der Waals surface area contributed by atoms with Crippen LogP contribution in [0.25, 0.3) is 0 Å². The van der Waals surface area contributed by atoms with Gasteiger partial charge in [-0.15, -0.1) is 0 Å². The molecule has 0 bridgehead atoms. The number of aromatic nitrogens is 2. The number of rotatable bonds is 8. The number of hydrogen-bond donors (Lipinski definition) is 1. The largest absolute Gasteiger partial charge is 0.471 e. The topological polar surface area (TPSA) is 109 Å². The summed E-state index contributed by atoms with van der Waals surface area (Å²) in [7, 11) is 0. The van der Waals surface area contributed by atoms with E-state index in [1.807, 2.05) is 32.0 Å². The second kappa shape index (κ2) is 10.6. The van der Waals surface area contributed by atoms with Gasteiger partial charge in [0.05, 0.1) is 22.2 Å². The SMILES string of the molecule is Cc1ccc(C)c(OCn2ccc(C(=O)Nc3cc(Oc4cccc(C(F)(F)F)c4)cc([N+](=O)[O-])c3)n2)c1. The number of anilines is 1. The van der Waals surface area contributed by atoms with E-state index in [1.54, 1.807) is 0 Å². The van der Waals surface area contributed by atoms with Gasteiger partial charge in [0.25, 0.3) is 11.6 Å². The second-order valence-corrected chi connectivity index (χ2v) is 8.34. The monoisotopic (exact) mass is 526 g/mol. The Bertz CT molecular complexity index is 1500. The van der Waals surface area contributed by atoms with E-state index in [9.17, 15) is 28.1 Å². The van der Waals surface area contributed by atoms with Crippen molar-refractivity contribution in [1.29, 1.82) is 0 Å². The maximum atomic E-state index is 13.0. The fourth-order valence-electron chi connectivity index (χ4n) is 3.44. The standard InChI is InChI=1S/C26H21F3N4O5/c1-16-6-7-17(2)24(10-16)37-15-32-9-8-23(31-32)25(34)30-19-12-20(33(35)36)14-22(13-19)38-21-5-3-4-18(11-21)26(27,28)29/h3-14H,15H2,1-2H3,(H,30,34). The van der Waals surface area contributed by atoms with Crippen LogP contribution in [0, 0.1) is 24.0 Å². The van der Waals surface area contributed by atoms with E-state index in [0.717, 1.165) is 41.5 Å². The second-order valence-electron chi connectivity index (χ2n) is 8.34. The van der Waals surface area contributed by atoms with Gasteiger partial charge in [-0.2, -0.15) is 18.3 Å². The molecule has 9 nitrogen and oxygen atoms in total. The highest BCUT2D eigenvalue weighted by Gasteiger charge is 2.30. The molecule has 0 fully saturated rings. The summed E-state index contributed by atoms with van der Waals surface area (Å²) in [5.74, 6) is -0.307. The first-order valence-electron chi connectivity index (χ1n) is 11.2. The highest BCUT2D eigenvalue weighted by atomic mass is 19.4. The van der Waals surface area contributed by atoms with Crippen molar-refractivity contribution in [2.45, 2.75) is 26.8 Å². The van der Waals surface area contributed by atoms with Gasteiger partial charge in [-0.1, -0.05) is 18.2 Å². The molecule has 4 rings (SSSR count). The number of ether oxygens (including phenoxy) is 2. The molecule has 0 aliphatic rings. The third kappa shape index (κ3) is 6.46. The van der Waals surface area contributed by atoms with Crippen LogP contribution in [0.2, 0.25) is 0 Å². The number of aryl methyl sites for hydroxylation is 2. The van der Waals surface area contributed by atoms with Crippen LogP contribution in [0.15, 0.2) is 72.9 Å². The lowest BCUT2D eigenvalue weighted by molar-refractivity contribution is -0.384. The normalized spacial score (nSPS) is 11.2. The first-order valence-corrected chi connectivity index (χ1v) is 11.2. The van der Waals surface area contributed by atoms with Crippen molar-refractivity contribution >= 4 is 17.3 Å². The first-order chi connectivity index (χ1) is 18.0. The molecule has 12 heteroatoms. The maximum Gasteiger partial charge on any atom is 0.416 e. The van der Waals surface area contributed by atoms with Gasteiger partial charge in [0.15, 0.2) is 12.4 Å². The molecular weight excluding hydrogens is 505 g/mol. The van der Waals surface area contributed by atoms with Crippen LogP contribution in [-0.4, -0.2) is 20.6 Å².